The van der Waals surface area contributed by atoms with Crippen LogP contribution >= 0.6 is 0 Å². The van der Waals surface area contributed by atoms with E-state index in [0.29, 0.717) is 24.5 Å². The third-order valence-electron chi connectivity index (χ3n) is 4.11. The van der Waals surface area contributed by atoms with Crippen molar-refractivity contribution in [1.82, 2.24) is 5.32 Å². The van der Waals surface area contributed by atoms with Gasteiger partial charge in [0, 0.05) is 18.9 Å². The molecule has 1 saturated heterocycles. The molecule has 138 valence electrons. The van der Waals surface area contributed by atoms with Gasteiger partial charge in [0.2, 0.25) is 0 Å². The third kappa shape index (κ3) is 5.06. The summed E-state index contributed by atoms with van der Waals surface area (Å²) in [5, 5.41) is 23.0. The highest BCUT2D eigenvalue weighted by atomic mass is 16.6. The average Bonchev–Trinajstić information content (AvgIpc) is 2.52. The molecule has 1 fully saturated rings. The first-order valence-corrected chi connectivity index (χ1v) is 8.20. The fourth-order valence-electron chi connectivity index (χ4n) is 2.87. The Bertz CT molecular complexity index is 635. The van der Waals surface area contributed by atoms with Crippen LogP contribution in [-0.4, -0.2) is 35.4 Å². The molecule has 8 heteroatoms. The lowest BCUT2D eigenvalue weighted by atomic mass is 9.81. The highest BCUT2D eigenvalue weighted by molar-refractivity contribution is 5.66. The number of hydrogen-bond acceptors (Lipinski definition) is 5. The molecule has 1 aromatic carbocycles. The minimum absolute atomic E-state index is 0.0106. The molecule has 0 aliphatic carbocycles. The summed E-state index contributed by atoms with van der Waals surface area (Å²) in [5.41, 5.74) is -0.391. The van der Waals surface area contributed by atoms with Gasteiger partial charge in [-0.25, -0.2) is 4.79 Å². The molecule has 1 unspecified atom stereocenters. The number of ether oxygens (including phenoxy) is 2. The molecular weight excluding hydrogens is 328 g/mol. The van der Waals surface area contributed by atoms with Crippen molar-refractivity contribution in [3.8, 4) is 5.75 Å². The van der Waals surface area contributed by atoms with Crippen molar-refractivity contribution in [3.63, 3.8) is 0 Å². The van der Waals surface area contributed by atoms with Gasteiger partial charge in [-0.05, 0) is 17.5 Å². The summed E-state index contributed by atoms with van der Waals surface area (Å²) < 4.78 is 11.2. The monoisotopic (exact) mass is 352 g/mol. The van der Waals surface area contributed by atoms with Gasteiger partial charge in [-0.3, -0.25) is 10.1 Å². The molecule has 0 aromatic heterocycles. The number of nitrogens with one attached hydrogen (secondary N) is 1. The normalized spacial score (nSPS) is 16.9. The van der Waals surface area contributed by atoms with E-state index < -0.39 is 22.5 Å². The Morgan fingerprint density at radius 2 is 2.04 bits per heavy atom. The first-order valence-electron chi connectivity index (χ1n) is 8.20. The number of rotatable bonds is 5. The van der Waals surface area contributed by atoms with Crippen LogP contribution in [0.2, 0.25) is 0 Å². The summed E-state index contributed by atoms with van der Waals surface area (Å²) in [4.78, 5) is 22.1. The van der Waals surface area contributed by atoms with Gasteiger partial charge in [-0.1, -0.05) is 20.8 Å². The zero-order chi connectivity index (χ0) is 18.6. The fourth-order valence-corrected chi connectivity index (χ4v) is 2.87. The first kappa shape index (κ1) is 19.0. The minimum Gasteiger partial charge on any atom is -0.490 e. The Balaban J connectivity index is 2.38. The molecule has 1 atom stereocenters. The number of hydrogen-bond donors (Lipinski definition) is 2. The molecule has 0 spiro atoms. The molecule has 1 heterocycles. The van der Waals surface area contributed by atoms with E-state index in [1.54, 1.807) is 12.1 Å². The van der Waals surface area contributed by atoms with Crippen LogP contribution in [-0.2, 0) is 4.74 Å². The molecule has 1 aliphatic rings. The van der Waals surface area contributed by atoms with Crippen LogP contribution in [0, 0.1) is 15.5 Å². The molecule has 25 heavy (non-hydrogen) atoms. The number of carbonyl (C=O) groups is 1. The van der Waals surface area contributed by atoms with Crippen LogP contribution in [0.4, 0.5) is 10.5 Å². The van der Waals surface area contributed by atoms with Gasteiger partial charge >= 0.3 is 6.09 Å². The van der Waals surface area contributed by atoms with E-state index in [9.17, 15) is 14.9 Å². The maximum Gasteiger partial charge on any atom is 0.405 e. The van der Waals surface area contributed by atoms with Crippen LogP contribution in [0.5, 0.6) is 5.75 Å². The van der Waals surface area contributed by atoms with Crippen LogP contribution in [0.15, 0.2) is 18.2 Å². The standard InChI is InChI=1S/C17H24N2O6/c1-17(2,3)15(18-16(20)21)13-10-12(4-5-14(13)19(22)23)25-11-6-8-24-9-7-11/h4-5,10-11,15,18H,6-9H2,1-3H3,(H,20,21). The van der Waals surface area contributed by atoms with E-state index in [1.807, 2.05) is 20.8 Å². The van der Waals surface area contributed by atoms with Crippen molar-refractivity contribution < 1.29 is 24.3 Å². The van der Waals surface area contributed by atoms with Gasteiger partial charge in [0.1, 0.15) is 11.9 Å². The van der Waals surface area contributed by atoms with Gasteiger partial charge in [-0.15, -0.1) is 0 Å². The molecular formula is C17H24N2O6. The predicted octanol–water partition coefficient (Wildman–Crippen LogP) is 3.51. The number of nitro groups is 1. The largest absolute Gasteiger partial charge is 0.490 e. The number of benzene rings is 1. The zero-order valence-corrected chi connectivity index (χ0v) is 14.7. The number of nitrogens with zero attached hydrogens (tertiary/aromatic N) is 1. The van der Waals surface area contributed by atoms with Gasteiger partial charge in [0.15, 0.2) is 0 Å². The number of nitro benzene ring substituents is 1. The maximum atomic E-state index is 11.4. The molecule has 2 N–H and O–H groups in total. The third-order valence-corrected chi connectivity index (χ3v) is 4.11. The molecule has 0 saturated carbocycles. The summed E-state index contributed by atoms with van der Waals surface area (Å²) in [7, 11) is 0. The predicted molar refractivity (Wildman–Crippen MR) is 90.9 cm³/mol. The lowest BCUT2D eigenvalue weighted by Crippen LogP contribution is -2.36. The molecule has 8 nitrogen and oxygen atoms in total. The summed E-state index contributed by atoms with van der Waals surface area (Å²) in [6.07, 6.45) is 0.263. The zero-order valence-electron chi connectivity index (χ0n) is 14.7. The van der Waals surface area contributed by atoms with E-state index in [-0.39, 0.29) is 11.8 Å². The van der Waals surface area contributed by atoms with Crippen molar-refractivity contribution in [2.45, 2.75) is 45.8 Å². The van der Waals surface area contributed by atoms with Crippen molar-refractivity contribution in [2.24, 2.45) is 5.41 Å². The van der Waals surface area contributed by atoms with Crippen molar-refractivity contribution >= 4 is 11.8 Å². The van der Waals surface area contributed by atoms with Crippen LogP contribution in [0.25, 0.3) is 0 Å². The minimum atomic E-state index is -1.23. The van der Waals surface area contributed by atoms with Crippen LogP contribution in [0.3, 0.4) is 0 Å². The summed E-state index contributed by atoms with van der Waals surface area (Å²) >= 11 is 0. The van der Waals surface area contributed by atoms with Crippen LogP contribution in [0.1, 0.15) is 45.2 Å². The van der Waals surface area contributed by atoms with Crippen molar-refractivity contribution in [1.29, 1.82) is 0 Å². The molecule has 1 aromatic rings. The molecule has 0 bridgehead atoms. The summed E-state index contributed by atoms with van der Waals surface area (Å²) in [5.74, 6) is 0.494. The van der Waals surface area contributed by atoms with Crippen molar-refractivity contribution in [3.05, 3.63) is 33.9 Å². The lowest BCUT2D eigenvalue weighted by molar-refractivity contribution is -0.386. The Kier molecular flexibility index (Phi) is 5.84. The molecule has 0 radical (unpaired) electrons. The number of amides is 1. The quantitative estimate of drug-likeness (QED) is 0.620. The van der Waals surface area contributed by atoms with E-state index in [4.69, 9.17) is 14.6 Å². The average molecular weight is 352 g/mol. The van der Waals surface area contributed by atoms with Crippen molar-refractivity contribution in [2.75, 3.05) is 13.2 Å². The molecule has 2 rings (SSSR count). The second-order valence-electron chi connectivity index (χ2n) is 7.16. The second kappa shape index (κ2) is 7.69. The van der Waals surface area contributed by atoms with Gasteiger partial charge < -0.3 is 19.9 Å². The van der Waals surface area contributed by atoms with E-state index in [2.05, 4.69) is 5.32 Å². The van der Waals surface area contributed by atoms with E-state index in [0.717, 1.165) is 12.8 Å². The Labute approximate surface area is 146 Å². The number of carboxylic acid groups (broad SMARTS) is 1. The lowest BCUT2D eigenvalue weighted by Gasteiger charge is -2.31. The highest BCUT2D eigenvalue weighted by Crippen LogP contribution is 2.39. The SMILES string of the molecule is CC(C)(C)C(NC(=O)O)c1cc(OC2CCOCC2)ccc1[N+](=O)[O-]. The van der Waals surface area contributed by atoms with Gasteiger partial charge in [0.05, 0.1) is 29.7 Å². The van der Waals surface area contributed by atoms with Gasteiger partial charge in [-0.2, -0.15) is 0 Å². The summed E-state index contributed by atoms with van der Waals surface area (Å²) in [6.45, 7) is 6.71. The first-order chi connectivity index (χ1) is 11.7. The van der Waals surface area contributed by atoms with Gasteiger partial charge in [0.25, 0.3) is 5.69 Å². The highest BCUT2D eigenvalue weighted by Gasteiger charge is 2.33. The Morgan fingerprint density at radius 3 is 2.56 bits per heavy atom. The smallest absolute Gasteiger partial charge is 0.405 e. The second-order valence-corrected chi connectivity index (χ2v) is 7.16. The topological polar surface area (TPSA) is 111 Å². The summed E-state index contributed by atoms with van der Waals surface area (Å²) in [6, 6.07) is 3.74. The van der Waals surface area contributed by atoms with E-state index in [1.165, 1.54) is 6.07 Å². The Hall–Kier alpha value is -2.35. The maximum absolute atomic E-state index is 11.4. The Morgan fingerprint density at radius 1 is 1.40 bits per heavy atom. The molecule has 1 amide bonds. The molecule has 1 aliphatic heterocycles. The fraction of sp³-hybridized carbons (Fsp3) is 0.588. The van der Waals surface area contributed by atoms with E-state index >= 15 is 0 Å². The van der Waals surface area contributed by atoms with Crippen LogP contribution < -0.4 is 10.1 Å².